The van der Waals surface area contributed by atoms with Gasteiger partial charge in [0.2, 0.25) is 11.1 Å². The van der Waals surface area contributed by atoms with Crippen LogP contribution < -0.4 is 5.32 Å². The van der Waals surface area contributed by atoms with Gasteiger partial charge in [0.1, 0.15) is 6.26 Å². The van der Waals surface area contributed by atoms with Gasteiger partial charge in [-0.25, -0.2) is 5.10 Å². The maximum absolute atomic E-state index is 11.6. The van der Waals surface area contributed by atoms with Gasteiger partial charge in [0.05, 0.1) is 11.8 Å². The van der Waals surface area contributed by atoms with Crippen LogP contribution in [0, 0.1) is 0 Å². The smallest absolute Gasteiger partial charge is 0.261 e. The highest BCUT2D eigenvalue weighted by Crippen LogP contribution is 2.19. The molecule has 2 aromatic heterocycles. The molecule has 2 heterocycles. The van der Waals surface area contributed by atoms with E-state index in [0.717, 1.165) is 0 Å². The van der Waals surface area contributed by atoms with Crippen molar-refractivity contribution in [1.29, 1.82) is 0 Å². The van der Waals surface area contributed by atoms with Crippen molar-refractivity contribution in [2.75, 3.05) is 5.32 Å². The van der Waals surface area contributed by atoms with Crippen LogP contribution in [0.1, 0.15) is 24.2 Å². The number of anilines is 1. The van der Waals surface area contributed by atoms with E-state index in [0.29, 0.717) is 21.9 Å². The summed E-state index contributed by atoms with van der Waals surface area (Å²) in [7, 11) is 0. The third-order valence-corrected chi connectivity index (χ3v) is 2.69. The molecule has 0 aliphatic carbocycles. The zero-order valence-electron chi connectivity index (χ0n) is 9.43. The summed E-state index contributed by atoms with van der Waals surface area (Å²) in [6.07, 6.45) is 2.81. The lowest BCUT2D eigenvalue weighted by Crippen LogP contribution is -2.11. The van der Waals surface area contributed by atoms with Crippen LogP contribution in [0.5, 0.6) is 0 Å². The molecule has 17 heavy (non-hydrogen) atoms. The second-order valence-corrected chi connectivity index (χ2v) is 5.14. The highest BCUT2D eigenvalue weighted by atomic mass is 32.2. The molecule has 0 atom stereocenters. The van der Waals surface area contributed by atoms with E-state index in [1.807, 2.05) is 13.8 Å². The fourth-order valence-electron chi connectivity index (χ4n) is 1.14. The number of nitrogens with one attached hydrogen (secondary N) is 2. The number of H-pyrrole nitrogens is 1. The maximum atomic E-state index is 11.6. The van der Waals surface area contributed by atoms with Gasteiger partial charge in [-0.05, 0) is 6.07 Å². The summed E-state index contributed by atoms with van der Waals surface area (Å²) < 4.78 is 4.82. The van der Waals surface area contributed by atoms with Gasteiger partial charge in [-0.1, -0.05) is 25.6 Å². The monoisotopic (exact) mass is 252 g/mol. The van der Waals surface area contributed by atoms with E-state index < -0.39 is 0 Å². The molecule has 0 aromatic carbocycles. The summed E-state index contributed by atoms with van der Waals surface area (Å²) in [6.45, 7) is 4.09. The summed E-state index contributed by atoms with van der Waals surface area (Å²) in [6, 6.07) is 1.58. The lowest BCUT2D eigenvalue weighted by molar-refractivity contribution is 0.102. The van der Waals surface area contributed by atoms with Gasteiger partial charge in [0.15, 0.2) is 0 Å². The summed E-state index contributed by atoms with van der Waals surface area (Å²) in [5.41, 5.74) is 0.444. The average Bonchev–Trinajstić information content (AvgIpc) is 2.87. The molecule has 0 saturated heterocycles. The third kappa shape index (κ3) is 3.10. The number of aromatic amines is 1. The topological polar surface area (TPSA) is 83.8 Å². The van der Waals surface area contributed by atoms with Crippen molar-refractivity contribution in [1.82, 2.24) is 15.2 Å². The van der Waals surface area contributed by atoms with E-state index in [2.05, 4.69) is 20.5 Å². The molecule has 7 heteroatoms. The first kappa shape index (κ1) is 11.7. The van der Waals surface area contributed by atoms with Crippen LogP contribution in [-0.4, -0.2) is 26.3 Å². The van der Waals surface area contributed by atoms with Crippen molar-refractivity contribution in [3.8, 4) is 0 Å². The molecule has 6 nitrogen and oxygen atoms in total. The number of aromatic nitrogens is 3. The van der Waals surface area contributed by atoms with Crippen LogP contribution >= 0.6 is 11.8 Å². The minimum absolute atomic E-state index is 0.281. The van der Waals surface area contributed by atoms with Crippen molar-refractivity contribution >= 4 is 23.6 Å². The molecular formula is C10H12N4O2S. The Labute approximate surface area is 102 Å². The van der Waals surface area contributed by atoms with Gasteiger partial charge in [-0.2, -0.15) is 4.98 Å². The van der Waals surface area contributed by atoms with Gasteiger partial charge < -0.3 is 4.42 Å². The van der Waals surface area contributed by atoms with E-state index in [1.165, 1.54) is 24.3 Å². The van der Waals surface area contributed by atoms with Crippen molar-refractivity contribution in [2.45, 2.75) is 24.3 Å². The second kappa shape index (κ2) is 5.05. The normalized spacial score (nSPS) is 10.8. The number of hydrogen-bond donors (Lipinski definition) is 2. The predicted molar refractivity (Wildman–Crippen MR) is 64.0 cm³/mol. The first-order valence-electron chi connectivity index (χ1n) is 5.08. The van der Waals surface area contributed by atoms with Crippen molar-refractivity contribution in [3.63, 3.8) is 0 Å². The molecule has 0 aliphatic heterocycles. The Morgan fingerprint density at radius 2 is 2.41 bits per heavy atom. The van der Waals surface area contributed by atoms with Crippen LogP contribution in [0.2, 0.25) is 0 Å². The Morgan fingerprint density at radius 1 is 1.59 bits per heavy atom. The average molecular weight is 252 g/mol. The molecule has 0 radical (unpaired) electrons. The number of furan rings is 1. The minimum Gasteiger partial charge on any atom is -0.472 e. The molecule has 1 amide bonds. The third-order valence-electron chi connectivity index (χ3n) is 1.82. The molecular weight excluding hydrogens is 240 g/mol. The van der Waals surface area contributed by atoms with Crippen molar-refractivity contribution in [3.05, 3.63) is 24.2 Å². The number of thioether (sulfide) groups is 1. The SMILES string of the molecule is CC(C)Sc1n[nH]c(NC(=O)c2ccoc2)n1. The maximum Gasteiger partial charge on any atom is 0.261 e. The van der Waals surface area contributed by atoms with Crippen LogP contribution in [0.15, 0.2) is 28.2 Å². The van der Waals surface area contributed by atoms with Gasteiger partial charge in [-0.15, -0.1) is 5.10 Å². The second-order valence-electron chi connectivity index (χ2n) is 3.60. The Kier molecular flexibility index (Phi) is 3.48. The van der Waals surface area contributed by atoms with Gasteiger partial charge in [0.25, 0.3) is 5.91 Å². The van der Waals surface area contributed by atoms with Crippen LogP contribution in [0.25, 0.3) is 0 Å². The zero-order valence-corrected chi connectivity index (χ0v) is 10.2. The highest BCUT2D eigenvalue weighted by molar-refractivity contribution is 7.99. The van der Waals surface area contributed by atoms with Crippen molar-refractivity contribution in [2.24, 2.45) is 0 Å². The number of carbonyl (C=O) groups is 1. The fraction of sp³-hybridized carbons (Fsp3) is 0.300. The quantitative estimate of drug-likeness (QED) is 0.814. The number of rotatable bonds is 4. The number of hydrogen-bond acceptors (Lipinski definition) is 5. The van der Waals surface area contributed by atoms with Gasteiger partial charge in [-0.3, -0.25) is 10.1 Å². The summed E-state index contributed by atoms with van der Waals surface area (Å²) in [5.74, 6) is 0.0512. The largest absolute Gasteiger partial charge is 0.472 e. The molecule has 90 valence electrons. The van der Waals surface area contributed by atoms with Gasteiger partial charge >= 0.3 is 0 Å². The van der Waals surface area contributed by atoms with E-state index in [4.69, 9.17) is 4.42 Å². The summed E-state index contributed by atoms with van der Waals surface area (Å²) in [5, 5.41) is 10.2. The fourth-order valence-corrected chi connectivity index (χ4v) is 1.80. The van der Waals surface area contributed by atoms with Crippen molar-refractivity contribution < 1.29 is 9.21 Å². The molecule has 2 N–H and O–H groups in total. The molecule has 0 fully saturated rings. The first-order valence-corrected chi connectivity index (χ1v) is 5.95. The van der Waals surface area contributed by atoms with E-state index >= 15 is 0 Å². The van der Waals surface area contributed by atoms with Gasteiger partial charge in [0, 0.05) is 5.25 Å². The van der Waals surface area contributed by atoms with E-state index in [1.54, 1.807) is 6.07 Å². The highest BCUT2D eigenvalue weighted by Gasteiger charge is 2.11. The molecule has 0 bridgehead atoms. The molecule has 2 rings (SSSR count). The summed E-state index contributed by atoms with van der Waals surface area (Å²) in [4.78, 5) is 15.8. The lowest BCUT2D eigenvalue weighted by atomic mass is 10.3. The zero-order chi connectivity index (χ0) is 12.3. The van der Waals surface area contributed by atoms with E-state index in [-0.39, 0.29) is 5.91 Å². The predicted octanol–water partition coefficient (Wildman–Crippen LogP) is 2.15. The Bertz CT molecular complexity index is 492. The molecule has 0 saturated carbocycles. The summed E-state index contributed by atoms with van der Waals surface area (Å²) >= 11 is 1.52. The molecule has 0 spiro atoms. The first-order chi connectivity index (χ1) is 8.15. The number of amides is 1. The lowest BCUT2D eigenvalue weighted by Gasteiger charge is -1.98. The molecule has 2 aromatic rings. The Balaban J connectivity index is 1.99. The van der Waals surface area contributed by atoms with Crippen LogP contribution in [0.3, 0.4) is 0 Å². The van der Waals surface area contributed by atoms with E-state index in [9.17, 15) is 4.79 Å². The van der Waals surface area contributed by atoms with Crippen LogP contribution in [-0.2, 0) is 0 Å². The standard InChI is InChI=1S/C10H12N4O2S/c1-6(2)17-10-12-9(13-14-10)11-8(15)7-3-4-16-5-7/h3-6H,1-2H3,(H2,11,12,13,14,15). The minimum atomic E-state index is -0.281. The Morgan fingerprint density at radius 3 is 3.06 bits per heavy atom. The number of carbonyl (C=O) groups excluding carboxylic acids is 1. The molecule has 0 aliphatic rings. The van der Waals surface area contributed by atoms with Crippen LogP contribution in [0.4, 0.5) is 5.95 Å². The molecule has 0 unspecified atom stereocenters. The Hall–Kier alpha value is -1.76. The number of nitrogens with zero attached hydrogens (tertiary/aromatic N) is 2.